The lowest BCUT2D eigenvalue weighted by atomic mass is 10.0. The fourth-order valence-corrected chi connectivity index (χ4v) is 2.73. The smallest absolute Gasteiger partial charge is 0.222 e. The average molecular weight is 356 g/mol. The van der Waals surface area contributed by atoms with Gasteiger partial charge in [-0.1, -0.05) is 29.8 Å². The Morgan fingerprint density at radius 3 is 2.50 bits per heavy atom. The highest BCUT2D eigenvalue weighted by Gasteiger charge is 2.25. The minimum Gasteiger partial charge on any atom is -0.391 e. The topological polar surface area (TPSA) is 90.5 Å². The molecule has 0 bridgehead atoms. The van der Waals surface area contributed by atoms with Crippen LogP contribution in [0.1, 0.15) is 30.5 Å². The Labute approximate surface area is 148 Å². The van der Waals surface area contributed by atoms with Gasteiger partial charge in [0.05, 0.1) is 18.6 Å². The van der Waals surface area contributed by atoms with Crippen molar-refractivity contribution in [3.63, 3.8) is 0 Å². The van der Waals surface area contributed by atoms with E-state index in [4.69, 9.17) is 0 Å². The van der Waals surface area contributed by atoms with Gasteiger partial charge in [0.15, 0.2) is 0 Å². The third-order valence-electron chi connectivity index (χ3n) is 4.11. The van der Waals surface area contributed by atoms with E-state index in [1.165, 1.54) is 6.92 Å². The zero-order valence-corrected chi connectivity index (χ0v) is 14.9. The summed E-state index contributed by atoms with van der Waals surface area (Å²) in [6.45, 7) is 5.14. The molecule has 1 aromatic rings. The molecule has 6 nitrogen and oxygen atoms in total. The van der Waals surface area contributed by atoms with Gasteiger partial charge < -0.3 is 21.1 Å². The van der Waals surface area contributed by atoms with Crippen LogP contribution in [0.2, 0.25) is 0 Å². The number of β-amino-alcohol motifs (C(OH)–C–C–N with tert-alkyl or cyclic N) is 1. The van der Waals surface area contributed by atoms with Crippen molar-refractivity contribution in [2.45, 2.75) is 32.4 Å². The number of aliphatic hydroxyl groups excluding tert-OH is 1. The molecule has 1 aromatic carbocycles. The number of aliphatic hydroxyl groups is 1. The molecule has 2 amide bonds. The quantitative estimate of drug-likeness (QED) is 0.604. The summed E-state index contributed by atoms with van der Waals surface area (Å²) >= 11 is 0. The molecule has 1 aliphatic rings. The van der Waals surface area contributed by atoms with Gasteiger partial charge in [0, 0.05) is 32.5 Å². The van der Waals surface area contributed by atoms with Crippen LogP contribution in [0.25, 0.3) is 0 Å². The molecule has 0 aliphatic carbocycles. The minimum absolute atomic E-state index is 0. The number of carbonyl (C=O) groups is 2. The number of nitrogens with one attached hydrogen (secondary N) is 3. The van der Waals surface area contributed by atoms with Crippen LogP contribution in [0.15, 0.2) is 24.3 Å². The van der Waals surface area contributed by atoms with Gasteiger partial charge in [-0.25, -0.2) is 0 Å². The van der Waals surface area contributed by atoms with Gasteiger partial charge in [0.2, 0.25) is 11.8 Å². The molecular formula is C17H26ClN3O3. The Bertz CT molecular complexity index is 551. The molecule has 134 valence electrons. The number of aryl methyl sites for hydroxylation is 1. The Balaban J connectivity index is 0.00000288. The van der Waals surface area contributed by atoms with Crippen molar-refractivity contribution in [3.8, 4) is 0 Å². The Hall–Kier alpha value is -1.63. The van der Waals surface area contributed by atoms with Gasteiger partial charge in [-0.2, -0.15) is 0 Å². The summed E-state index contributed by atoms with van der Waals surface area (Å²) in [4.78, 5) is 23.6. The summed E-state index contributed by atoms with van der Waals surface area (Å²) in [6.07, 6.45) is -0.239. The minimum atomic E-state index is -0.418. The fourth-order valence-electron chi connectivity index (χ4n) is 2.73. The van der Waals surface area contributed by atoms with Crippen LogP contribution in [0.3, 0.4) is 0 Å². The van der Waals surface area contributed by atoms with Crippen LogP contribution < -0.4 is 16.0 Å². The first-order valence-electron chi connectivity index (χ1n) is 7.95. The third kappa shape index (κ3) is 6.11. The summed E-state index contributed by atoms with van der Waals surface area (Å²) in [5, 5.41) is 18.5. The lowest BCUT2D eigenvalue weighted by Crippen LogP contribution is -2.37. The second kappa shape index (κ2) is 9.61. The van der Waals surface area contributed by atoms with Crippen LogP contribution in [0, 0.1) is 12.8 Å². The first kappa shape index (κ1) is 20.4. The molecule has 2 rings (SSSR count). The summed E-state index contributed by atoms with van der Waals surface area (Å²) in [7, 11) is 0. The molecular weight excluding hydrogens is 330 g/mol. The fraction of sp³-hybridized carbons (Fsp3) is 0.529. The van der Waals surface area contributed by atoms with Crippen molar-refractivity contribution in [3.05, 3.63) is 35.4 Å². The largest absolute Gasteiger partial charge is 0.391 e. The summed E-state index contributed by atoms with van der Waals surface area (Å²) < 4.78 is 0. The second-order valence-electron chi connectivity index (χ2n) is 6.16. The van der Waals surface area contributed by atoms with E-state index in [2.05, 4.69) is 16.0 Å². The highest BCUT2D eigenvalue weighted by Crippen LogP contribution is 2.18. The van der Waals surface area contributed by atoms with E-state index >= 15 is 0 Å². The average Bonchev–Trinajstić information content (AvgIpc) is 2.90. The van der Waals surface area contributed by atoms with E-state index in [0.717, 1.165) is 11.1 Å². The lowest BCUT2D eigenvalue weighted by Gasteiger charge is -2.19. The first-order valence-corrected chi connectivity index (χ1v) is 7.95. The predicted molar refractivity (Wildman–Crippen MR) is 95.0 cm³/mol. The molecule has 4 N–H and O–H groups in total. The molecule has 1 fully saturated rings. The van der Waals surface area contributed by atoms with Gasteiger partial charge in [0.25, 0.3) is 0 Å². The van der Waals surface area contributed by atoms with Gasteiger partial charge in [-0.15, -0.1) is 12.4 Å². The van der Waals surface area contributed by atoms with Crippen LogP contribution in [-0.2, 0) is 9.59 Å². The van der Waals surface area contributed by atoms with Crippen molar-refractivity contribution >= 4 is 24.2 Å². The molecule has 3 atom stereocenters. The van der Waals surface area contributed by atoms with E-state index in [-0.39, 0.29) is 42.6 Å². The standard InChI is InChI=1S/C17H25N3O3.ClH/c1-11-3-5-13(6-4-11)15(20-12(2)21)7-17(23)19-9-14-8-18-10-16(14)22;/h3-6,14-16,18,22H,7-10H2,1-2H3,(H,19,23)(H,20,21);1H. The molecule has 1 heterocycles. The molecule has 24 heavy (non-hydrogen) atoms. The van der Waals surface area contributed by atoms with Crippen LogP contribution in [-0.4, -0.2) is 42.7 Å². The summed E-state index contributed by atoms with van der Waals surface area (Å²) in [6, 6.07) is 7.42. The Morgan fingerprint density at radius 2 is 1.96 bits per heavy atom. The van der Waals surface area contributed by atoms with Gasteiger partial charge in [-0.3, -0.25) is 9.59 Å². The molecule has 3 unspecified atom stereocenters. The Morgan fingerprint density at radius 1 is 1.29 bits per heavy atom. The maximum Gasteiger partial charge on any atom is 0.222 e. The normalized spacial score (nSPS) is 20.8. The van der Waals surface area contributed by atoms with E-state index in [0.29, 0.717) is 19.6 Å². The van der Waals surface area contributed by atoms with Gasteiger partial charge in [0.1, 0.15) is 0 Å². The molecule has 0 spiro atoms. The van der Waals surface area contributed by atoms with Crippen molar-refractivity contribution < 1.29 is 14.7 Å². The van der Waals surface area contributed by atoms with Crippen molar-refractivity contribution in [2.75, 3.05) is 19.6 Å². The van der Waals surface area contributed by atoms with Crippen molar-refractivity contribution in [2.24, 2.45) is 5.92 Å². The molecule has 0 saturated carbocycles. The van der Waals surface area contributed by atoms with Crippen LogP contribution >= 0.6 is 12.4 Å². The van der Waals surface area contributed by atoms with Gasteiger partial charge in [-0.05, 0) is 12.5 Å². The first-order chi connectivity index (χ1) is 11.0. The van der Waals surface area contributed by atoms with Crippen LogP contribution in [0.5, 0.6) is 0 Å². The maximum atomic E-state index is 12.2. The molecule has 0 aromatic heterocycles. The second-order valence-corrected chi connectivity index (χ2v) is 6.16. The monoisotopic (exact) mass is 355 g/mol. The predicted octanol–water partition coefficient (Wildman–Crippen LogP) is 0.681. The van der Waals surface area contributed by atoms with E-state index in [1.54, 1.807) is 0 Å². The Kier molecular flexibility index (Phi) is 8.18. The highest BCUT2D eigenvalue weighted by molar-refractivity contribution is 5.85. The number of carbonyl (C=O) groups excluding carboxylic acids is 2. The molecule has 1 aliphatic heterocycles. The number of benzene rings is 1. The lowest BCUT2D eigenvalue weighted by molar-refractivity contribution is -0.123. The highest BCUT2D eigenvalue weighted by atomic mass is 35.5. The van der Waals surface area contributed by atoms with Gasteiger partial charge >= 0.3 is 0 Å². The summed E-state index contributed by atoms with van der Waals surface area (Å²) in [5.74, 6) is -0.264. The zero-order valence-electron chi connectivity index (χ0n) is 14.0. The maximum absolute atomic E-state index is 12.2. The molecule has 7 heteroatoms. The van der Waals surface area contributed by atoms with E-state index in [9.17, 15) is 14.7 Å². The number of hydrogen-bond acceptors (Lipinski definition) is 4. The van der Waals surface area contributed by atoms with E-state index in [1.807, 2.05) is 31.2 Å². The molecule has 1 saturated heterocycles. The summed E-state index contributed by atoms with van der Waals surface area (Å²) in [5.41, 5.74) is 2.03. The number of halogens is 1. The third-order valence-corrected chi connectivity index (χ3v) is 4.11. The SMILES string of the molecule is CC(=O)NC(CC(=O)NCC1CNCC1O)c1ccc(C)cc1.Cl. The molecule has 0 radical (unpaired) electrons. The van der Waals surface area contributed by atoms with Crippen molar-refractivity contribution in [1.29, 1.82) is 0 Å². The number of amides is 2. The van der Waals surface area contributed by atoms with E-state index < -0.39 is 6.10 Å². The van der Waals surface area contributed by atoms with Crippen molar-refractivity contribution in [1.82, 2.24) is 16.0 Å². The number of hydrogen-bond donors (Lipinski definition) is 4. The van der Waals surface area contributed by atoms with Crippen LogP contribution in [0.4, 0.5) is 0 Å². The number of rotatable bonds is 6. The zero-order chi connectivity index (χ0) is 16.8.